The zero-order valence-corrected chi connectivity index (χ0v) is 13.7. The molecule has 0 aromatic heterocycles. The molecule has 0 bridgehead atoms. The van der Waals surface area contributed by atoms with E-state index in [1.54, 1.807) is 0 Å². The molecule has 0 amide bonds. The first-order chi connectivity index (χ1) is 8.37. The molecular weight excluding hydrogens is 387 g/mol. The Morgan fingerprint density at radius 3 is 1.33 bits per heavy atom. The second kappa shape index (κ2) is 6.85. The predicted octanol–water partition coefficient (Wildman–Crippen LogP) is -2.97. The van der Waals surface area contributed by atoms with E-state index in [1.807, 2.05) is 0 Å². The Balaban J connectivity index is -0.00000180. The van der Waals surface area contributed by atoms with Crippen LogP contribution >= 0.6 is 7.82 Å². The molecule has 0 aliphatic heterocycles. The van der Waals surface area contributed by atoms with E-state index in [1.165, 1.54) is 0 Å². The van der Waals surface area contributed by atoms with Crippen molar-refractivity contribution in [3.8, 4) is 0 Å². The maximum Gasteiger partial charge on any atom is 1.00 e. The van der Waals surface area contributed by atoms with E-state index in [9.17, 15) is 43.0 Å². The topological polar surface area (TPSA) is 147 Å². The van der Waals surface area contributed by atoms with Crippen molar-refractivity contribution in [1.82, 2.24) is 0 Å². The molecule has 0 aliphatic carbocycles. The van der Waals surface area contributed by atoms with Crippen LogP contribution in [0.2, 0.25) is 0 Å². The summed E-state index contributed by atoms with van der Waals surface area (Å²) in [5, 5.41) is 0. The van der Waals surface area contributed by atoms with E-state index in [0.29, 0.717) is 0 Å². The molecule has 0 saturated heterocycles. The van der Waals surface area contributed by atoms with Gasteiger partial charge in [0.1, 0.15) is 0 Å². The number of rotatable bonds is 6. The van der Waals surface area contributed by atoms with Crippen molar-refractivity contribution >= 4 is 38.2 Å². The van der Waals surface area contributed by atoms with Gasteiger partial charge in [0.15, 0.2) is 0 Å². The monoisotopic (exact) mass is 394 g/mol. The maximum atomic E-state index is 12.0. The molecule has 0 rings (SSSR count). The molecule has 18 heteroatoms. The first-order valence-corrected chi connectivity index (χ1v) is 10.3. The van der Waals surface area contributed by atoms with Crippen LogP contribution in [0.3, 0.4) is 0 Å². The first kappa shape index (κ1) is 23.6. The normalized spacial score (nSPS) is 14.5. The Bertz CT molecular complexity index is 687. The third kappa shape index (κ3) is 9.16. The van der Waals surface area contributed by atoms with Crippen molar-refractivity contribution in [3.05, 3.63) is 0 Å². The summed E-state index contributed by atoms with van der Waals surface area (Å²) < 4.78 is 121. The van der Waals surface area contributed by atoms with Gasteiger partial charge in [-0.25, -0.2) is 4.57 Å². The summed E-state index contributed by atoms with van der Waals surface area (Å²) >= 11 is 0. The molecule has 0 fully saturated rings. The van der Waals surface area contributed by atoms with Crippen molar-refractivity contribution in [2.24, 2.45) is 0 Å². The van der Waals surface area contributed by atoms with E-state index in [-0.39, 0.29) is 32.8 Å². The van der Waals surface area contributed by atoms with Crippen LogP contribution in [0.5, 0.6) is 0 Å². The second-order valence-corrected chi connectivity index (χ2v) is 9.85. The smallest absolute Gasteiger partial charge is 1.00 e. The van der Waals surface area contributed by atoms with Crippen LogP contribution in [-0.2, 0) is 46.8 Å². The molecule has 0 radical (unpaired) electrons. The van der Waals surface area contributed by atoms with E-state index in [0.717, 1.165) is 0 Å². The molecule has 10 nitrogen and oxygen atoms in total. The van der Waals surface area contributed by atoms with Crippen molar-refractivity contribution in [2.75, 3.05) is 12.5 Å². The Labute approximate surface area is 131 Å². The summed E-state index contributed by atoms with van der Waals surface area (Å²) in [4.78, 5) is 0. The molecule has 0 aromatic rings. The summed E-state index contributed by atoms with van der Waals surface area (Å²) in [7, 11) is -22.6. The van der Waals surface area contributed by atoms with Crippen LogP contribution in [-0.4, -0.2) is 43.3 Å². The fraction of sp³-hybridized carbons (Fsp3) is 1.00. The van der Waals surface area contributed by atoms with Crippen molar-refractivity contribution < 1.29 is 75.2 Å². The number of halogens is 3. The van der Waals surface area contributed by atoms with Crippen LogP contribution in [0.25, 0.3) is 0 Å². The molecule has 0 aromatic carbocycles. The van der Waals surface area contributed by atoms with Gasteiger partial charge in [0.25, 0.3) is 20.2 Å². The van der Waals surface area contributed by atoms with Gasteiger partial charge in [-0.1, -0.05) is 0 Å². The molecule has 0 N–H and O–H groups in total. The summed E-state index contributed by atoms with van der Waals surface area (Å²) in [6.45, 7) is 0. The minimum atomic E-state index is -6.64. The molecule has 0 saturated carbocycles. The van der Waals surface area contributed by atoms with Gasteiger partial charge < -0.3 is 1.43 Å². The van der Waals surface area contributed by atoms with E-state index >= 15 is 0 Å². The quantitative estimate of drug-likeness (QED) is 0.260. The number of hydrogen-bond acceptors (Lipinski definition) is 10. The molecule has 0 aliphatic rings. The average molecular weight is 394 g/mol. The molecule has 0 spiro atoms. The number of phosphoric acid groups is 1. The Morgan fingerprint density at radius 1 is 0.857 bits per heavy atom. The Kier molecular flexibility index (Phi) is 7.70. The van der Waals surface area contributed by atoms with Crippen LogP contribution < -0.4 is 18.9 Å². The zero-order valence-electron chi connectivity index (χ0n) is 11.4. The molecule has 0 unspecified atom stereocenters. The van der Waals surface area contributed by atoms with Gasteiger partial charge in [0.2, 0.25) is 0 Å². The zero-order chi connectivity index (χ0) is 16.6. The van der Waals surface area contributed by atoms with Gasteiger partial charge in [-0.05, 0) is 0 Å². The van der Waals surface area contributed by atoms with Crippen molar-refractivity contribution in [2.45, 2.75) is 5.51 Å². The van der Waals surface area contributed by atoms with Crippen LogP contribution in [0.15, 0.2) is 0 Å². The second-order valence-electron chi connectivity index (χ2n) is 2.98. The van der Waals surface area contributed by atoms with Gasteiger partial charge in [-0.3, -0.25) is 0 Å². The minimum absolute atomic E-state index is 0. The molecule has 21 heavy (non-hydrogen) atoms. The first-order valence-electron chi connectivity index (χ1n) is 3.82. The summed E-state index contributed by atoms with van der Waals surface area (Å²) in [6.07, 6.45) is 0.268. The number of alkyl halides is 3. The Morgan fingerprint density at radius 2 is 1.14 bits per heavy atom. The van der Waals surface area contributed by atoms with E-state index in [4.69, 9.17) is 0 Å². The summed E-state index contributed by atoms with van der Waals surface area (Å²) in [5.74, 6) is 0. The van der Waals surface area contributed by atoms with Gasteiger partial charge >= 0.3 is 42.3 Å². The fourth-order valence-corrected chi connectivity index (χ4v) is 5.45. The third-order valence-electron chi connectivity index (χ3n) is 0.926. The molecular formula is C3H7F3LiO10PS3. The largest absolute Gasteiger partial charge is 1.00 e. The standard InChI is InChI=1S/C3H6F3O10PS3.Li.H/c1-18(8,9)14-17(7,15-19(2,10)11)16-20(12,13)3(4,5)6;;/h1-2H3;;/q;+1;-1. The van der Waals surface area contributed by atoms with Crippen molar-refractivity contribution in [3.63, 3.8) is 0 Å². The number of hydrogen-bond donors (Lipinski definition) is 0. The van der Waals surface area contributed by atoms with Crippen molar-refractivity contribution in [1.29, 1.82) is 0 Å². The van der Waals surface area contributed by atoms with Crippen LogP contribution in [0.4, 0.5) is 13.2 Å². The summed E-state index contributed by atoms with van der Waals surface area (Å²) in [5.41, 5.74) is -6.12. The predicted molar refractivity (Wildman–Crippen MR) is 56.6 cm³/mol. The van der Waals surface area contributed by atoms with Crippen LogP contribution in [0.1, 0.15) is 1.43 Å². The average Bonchev–Trinajstić information content (AvgIpc) is 1.88. The SMILES string of the molecule is CS(=O)(=O)OP(=O)(OS(C)(=O)=O)OS(=O)(=O)C(F)(F)F.[H-].[Li+]. The van der Waals surface area contributed by atoms with Gasteiger partial charge in [-0.2, -0.15) is 50.3 Å². The summed E-state index contributed by atoms with van der Waals surface area (Å²) in [6, 6.07) is 0. The third-order valence-corrected chi connectivity index (χ3v) is 6.64. The minimum Gasteiger partial charge on any atom is -1.00 e. The van der Waals surface area contributed by atoms with Gasteiger partial charge in [0, 0.05) is 0 Å². The Hall–Kier alpha value is 0.347. The van der Waals surface area contributed by atoms with E-state index in [2.05, 4.69) is 11.9 Å². The molecule has 124 valence electrons. The maximum absolute atomic E-state index is 12.0. The molecule has 0 heterocycles. The molecule has 0 atom stereocenters. The van der Waals surface area contributed by atoms with E-state index < -0.39 is 43.7 Å². The fourth-order valence-electron chi connectivity index (χ4n) is 0.531. The van der Waals surface area contributed by atoms with Crippen LogP contribution in [0, 0.1) is 0 Å². The van der Waals surface area contributed by atoms with Gasteiger partial charge in [0.05, 0.1) is 12.5 Å². The van der Waals surface area contributed by atoms with Gasteiger partial charge in [-0.15, -0.1) is 0 Å².